The second-order valence-corrected chi connectivity index (χ2v) is 10.5. The fourth-order valence-electron chi connectivity index (χ4n) is 4.47. The molecule has 2 heterocycles. The van der Waals surface area contributed by atoms with Crippen molar-refractivity contribution in [1.82, 2.24) is 9.88 Å². The maximum atomic E-state index is 15.3. The first-order valence-corrected chi connectivity index (χ1v) is 12.4. The van der Waals surface area contributed by atoms with Gasteiger partial charge in [0.1, 0.15) is 5.82 Å². The van der Waals surface area contributed by atoms with Gasteiger partial charge >= 0.3 is 0 Å². The Hall–Kier alpha value is -2.52. The van der Waals surface area contributed by atoms with Crippen molar-refractivity contribution in [3.8, 4) is 0 Å². The van der Waals surface area contributed by atoms with Crippen LogP contribution in [-0.2, 0) is 16.1 Å². The fraction of sp³-hybridized carbons (Fsp3) is 0.240. The van der Waals surface area contributed by atoms with E-state index in [2.05, 4.69) is 20.9 Å². The van der Waals surface area contributed by atoms with E-state index in [0.29, 0.717) is 38.6 Å². The standard InChI is InChI=1S/C25H19BrCl2FN3O3/c26-14-9-18-20(19(29)10-14)23(32(22(18)33)12-17-6-5-16(28)11-31-17)35-21(25(7-8-25)24(30)34)13-1-3-15(27)4-2-13/h1-6,9-11,21,23H,7-8,12H2,(H2,30,34). The van der Waals surface area contributed by atoms with Crippen LogP contribution in [-0.4, -0.2) is 21.7 Å². The summed E-state index contributed by atoms with van der Waals surface area (Å²) >= 11 is 15.3. The predicted octanol–water partition coefficient (Wildman–Crippen LogP) is 5.97. The summed E-state index contributed by atoms with van der Waals surface area (Å²) in [7, 11) is 0. The largest absolute Gasteiger partial charge is 0.369 e. The van der Waals surface area contributed by atoms with Gasteiger partial charge in [0.25, 0.3) is 5.91 Å². The maximum absolute atomic E-state index is 15.3. The van der Waals surface area contributed by atoms with Crippen molar-refractivity contribution in [1.29, 1.82) is 0 Å². The number of primary amides is 1. The van der Waals surface area contributed by atoms with Gasteiger partial charge in [-0.3, -0.25) is 14.6 Å². The van der Waals surface area contributed by atoms with Gasteiger partial charge in [-0.25, -0.2) is 4.39 Å². The number of ether oxygens (including phenoxy) is 1. The molecule has 1 fully saturated rings. The predicted molar refractivity (Wildman–Crippen MR) is 132 cm³/mol. The summed E-state index contributed by atoms with van der Waals surface area (Å²) in [5, 5.41) is 0.969. The van der Waals surface area contributed by atoms with Crippen molar-refractivity contribution < 1.29 is 18.7 Å². The fourth-order valence-corrected chi connectivity index (χ4v) is 5.13. The molecule has 35 heavy (non-hydrogen) atoms. The molecule has 2 N–H and O–H groups in total. The molecule has 6 nitrogen and oxygen atoms in total. The number of nitrogens with zero attached hydrogens (tertiary/aromatic N) is 2. The van der Waals surface area contributed by atoms with Crippen LogP contribution < -0.4 is 5.73 Å². The highest BCUT2D eigenvalue weighted by Gasteiger charge is 2.57. The Labute approximate surface area is 219 Å². The number of carbonyl (C=O) groups excluding carboxylic acids is 2. The summed E-state index contributed by atoms with van der Waals surface area (Å²) in [6.45, 7) is 0.0450. The quantitative estimate of drug-likeness (QED) is 0.374. The maximum Gasteiger partial charge on any atom is 0.257 e. The molecule has 0 spiro atoms. The molecular weight excluding hydrogens is 560 g/mol. The Balaban J connectivity index is 1.59. The number of hydrogen-bond donors (Lipinski definition) is 1. The van der Waals surface area contributed by atoms with E-state index in [1.54, 1.807) is 42.5 Å². The van der Waals surface area contributed by atoms with E-state index in [1.165, 1.54) is 17.2 Å². The zero-order chi connectivity index (χ0) is 24.9. The van der Waals surface area contributed by atoms with E-state index in [-0.39, 0.29) is 17.7 Å². The Morgan fingerprint density at radius 3 is 2.49 bits per heavy atom. The van der Waals surface area contributed by atoms with Gasteiger partial charge < -0.3 is 15.4 Å². The third kappa shape index (κ3) is 4.44. The molecule has 1 aromatic heterocycles. The number of aromatic nitrogens is 1. The minimum absolute atomic E-state index is 0.0450. The number of carbonyl (C=O) groups is 2. The number of nitrogens with two attached hydrogens (primary N) is 1. The average Bonchev–Trinajstić information content (AvgIpc) is 3.58. The van der Waals surface area contributed by atoms with E-state index in [9.17, 15) is 9.59 Å². The molecule has 2 aromatic carbocycles. The normalized spacial score (nSPS) is 18.9. The first kappa shape index (κ1) is 24.2. The van der Waals surface area contributed by atoms with E-state index in [1.807, 2.05) is 0 Å². The molecule has 0 saturated heterocycles. The topological polar surface area (TPSA) is 85.5 Å². The third-order valence-electron chi connectivity index (χ3n) is 6.46. The van der Waals surface area contributed by atoms with Crippen molar-refractivity contribution >= 4 is 50.9 Å². The monoisotopic (exact) mass is 577 g/mol. The Morgan fingerprint density at radius 2 is 1.89 bits per heavy atom. The summed E-state index contributed by atoms with van der Waals surface area (Å²) in [5.41, 5.74) is 6.31. The number of benzene rings is 2. The lowest BCUT2D eigenvalue weighted by molar-refractivity contribution is -0.143. The van der Waals surface area contributed by atoms with Crippen LogP contribution in [0.1, 0.15) is 52.4 Å². The average molecular weight is 579 g/mol. The number of pyridine rings is 1. The van der Waals surface area contributed by atoms with Crippen molar-refractivity contribution in [2.24, 2.45) is 11.1 Å². The van der Waals surface area contributed by atoms with Crippen LogP contribution in [0.2, 0.25) is 10.0 Å². The van der Waals surface area contributed by atoms with Crippen molar-refractivity contribution in [2.45, 2.75) is 31.7 Å². The molecule has 2 atom stereocenters. The summed E-state index contributed by atoms with van der Waals surface area (Å²) in [4.78, 5) is 31.6. The Morgan fingerprint density at radius 1 is 1.20 bits per heavy atom. The lowest BCUT2D eigenvalue weighted by Gasteiger charge is -2.33. The molecule has 0 radical (unpaired) electrons. The zero-order valence-electron chi connectivity index (χ0n) is 18.2. The smallest absolute Gasteiger partial charge is 0.257 e. The lowest BCUT2D eigenvalue weighted by Crippen LogP contribution is -2.36. The molecule has 1 aliphatic heterocycles. The molecular formula is C25H19BrCl2FN3O3. The highest BCUT2D eigenvalue weighted by atomic mass is 79.9. The molecule has 1 saturated carbocycles. The van der Waals surface area contributed by atoms with Crippen LogP contribution in [0.4, 0.5) is 4.39 Å². The molecule has 180 valence electrons. The second-order valence-electron chi connectivity index (χ2n) is 8.69. The molecule has 3 aromatic rings. The molecule has 1 aliphatic carbocycles. The van der Waals surface area contributed by atoms with Crippen molar-refractivity contribution in [3.63, 3.8) is 0 Å². The Kier molecular flexibility index (Phi) is 6.34. The van der Waals surface area contributed by atoms with Crippen LogP contribution >= 0.6 is 39.1 Å². The summed E-state index contributed by atoms with van der Waals surface area (Å²) in [6.07, 6.45) is 0.584. The number of fused-ring (bicyclic) bond motifs is 1. The molecule has 10 heteroatoms. The van der Waals surface area contributed by atoms with Gasteiger partial charge in [-0.2, -0.15) is 0 Å². The van der Waals surface area contributed by atoms with E-state index >= 15 is 4.39 Å². The Bertz CT molecular complexity index is 1320. The lowest BCUT2D eigenvalue weighted by atomic mass is 9.91. The van der Waals surface area contributed by atoms with Crippen LogP contribution in [0.15, 0.2) is 59.2 Å². The number of hydrogen-bond acceptors (Lipinski definition) is 4. The van der Waals surface area contributed by atoms with Gasteiger partial charge in [0, 0.05) is 21.3 Å². The van der Waals surface area contributed by atoms with Gasteiger partial charge in [0.05, 0.1) is 34.3 Å². The number of rotatable bonds is 7. The second kappa shape index (κ2) is 9.17. The summed E-state index contributed by atoms with van der Waals surface area (Å²) in [5.74, 6) is -1.53. The highest BCUT2D eigenvalue weighted by molar-refractivity contribution is 9.10. The zero-order valence-corrected chi connectivity index (χ0v) is 21.3. The summed E-state index contributed by atoms with van der Waals surface area (Å²) < 4.78 is 22.2. The first-order valence-electron chi connectivity index (χ1n) is 10.8. The van der Waals surface area contributed by atoms with E-state index in [0.717, 1.165) is 0 Å². The van der Waals surface area contributed by atoms with E-state index in [4.69, 9.17) is 33.7 Å². The van der Waals surface area contributed by atoms with Crippen LogP contribution in [0.5, 0.6) is 0 Å². The van der Waals surface area contributed by atoms with Gasteiger partial charge in [-0.15, -0.1) is 0 Å². The van der Waals surface area contributed by atoms with Crippen molar-refractivity contribution in [2.75, 3.05) is 0 Å². The third-order valence-corrected chi connectivity index (χ3v) is 7.39. The highest BCUT2D eigenvalue weighted by Crippen LogP contribution is 2.58. The van der Waals surface area contributed by atoms with Gasteiger partial charge in [0.15, 0.2) is 6.23 Å². The van der Waals surface area contributed by atoms with Crippen LogP contribution in [0.25, 0.3) is 0 Å². The minimum atomic E-state index is -1.11. The number of halogens is 4. The minimum Gasteiger partial charge on any atom is -0.369 e. The van der Waals surface area contributed by atoms with Crippen LogP contribution in [0.3, 0.4) is 0 Å². The van der Waals surface area contributed by atoms with Crippen molar-refractivity contribution in [3.05, 3.63) is 97.4 Å². The van der Waals surface area contributed by atoms with Gasteiger partial charge in [-0.05, 0) is 54.8 Å². The summed E-state index contributed by atoms with van der Waals surface area (Å²) in [6, 6.07) is 13.1. The number of amides is 2. The van der Waals surface area contributed by atoms with Gasteiger partial charge in [0.2, 0.25) is 5.91 Å². The molecule has 2 aliphatic rings. The molecule has 2 amide bonds. The van der Waals surface area contributed by atoms with Crippen LogP contribution in [0, 0.1) is 11.2 Å². The SMILES string of the molecule is NC(=O)C1(C(OC2c3c(F)cc(Br)cc3C(=O)N2Cc2ccc(Cl)cn2)c2ccc(Cl)cc2)CC1. The van der Waals surface area contributed by atoms with Gasteiger partial charge in [-0.1, -0.05) is 51.3 Å². The van der Waals surface area contributed by atoms with E-state index < -0.39 is 35.4 Å². The first-order chi connectivity index (χ1) is 16.7. The molecule has 0 bridgehead atoms. The molecule has 5 rings (SSSR count). The molecule has 2 unspecified atom stereocenters.